The van der Waals surface area contributed by atoms with E-state index >= 15 is 0 Å². The molecule has 0 heterocycles. The molecular formula is C17H20BrNO5S. The van der Waals surface area contributed by atoms with Gasteiger partial charge >= 0.3 is 0 Å². The van der Waals surface area contributed by atoms with Gasteiger partial charge in [0.2, 0.25) is 10.0 Å². The van der Waals surface area contributed by atoms with Crippen LogP contribution < -0.4 is 18.9 Å². The van der Waals surface area contributed by atoms with Gasteiger partial charge in [0, 0.05) is 17.1 Å². The molecule has 1 N–H and O–H groups in total. The molecule has 2 aromatic carbocycles. The number of sulfonamides is 1. The predicted octanol–water partition coefficient (Wildman–Crippen LogP) is 3.00. The second kappa shape index (κ2) is 8.55. The maximum atomic E-state index is 12.6. The highest BCUT2D eigenvalue weighted by atomic mass is 79.9. The molecule has 0 bridgehead atoms. The zero-order valence-electron chi connectivity index (χ0n) is 14.2. The molecule has 2 aromatic rings. The fourth-order valence-corrected chi connectivity index (χ4v) is 3.96. The van der Waals surface area contributed by atoms with E-state index in [1.807, 2.05) is 18.2 Å². The molecule has 0 aliphatic rings. The maximum Gasteiger partial charge on any atom is 0.244 e. The molecule has 0 saturated heterocycles. The van der Waals surface area contributed by atoms with Gasteiger partial charge in [-0.05, 0) is 42.3 Å². The van der Waals surface area contributed by atoms with Gasteiger partial charge in [0.05, 0.1) is 21.3 Å². The van der Waals surface area contributed by atoms with Gasteiger partial charge in [-0.3, -0.25) is 0 Å². The molecule has 0 amide bonds. The summed E-state index contributed by atoms with van der Waals surface area (Å²) in [5.41, 5.74) is 0.900. The largest absolute Gasteiger partial charge is 0.497 e. The molecule has 136 valence electrons. The lowest BCUT2D eigenvalue weighted by Gasteiger charge is -2.13. The van der Waals surface area contributed by atoms with Crippen LogP contribution in [0.2, 0.25) is 0 Å². The first kappa shape index (κ1) is 19.6. The number of ether oxygens (including phenoxy) is 3. The Morgan fingerprint density at radius 2 is 1.64 bits per heavy atom. The van der Waals surface area contributed by atoms with Crippen LogP contribution in [0.25, 0.3) is 0 Å². The standard InChI is InChI=1S/C17H20BrNO5S/c1-22-14-5-7-16(24-3)17(11-14)25(20,21)19-9-8-12-10-13(18)4-6-15(12)23-2/h4-7,10-11,19H,8-9H2,1-3H3. The third-order valence-corrected chi connectivity index (χ3v) is 5.56. The van der Waals surface area contributed by atoms with Gasteiger partial charge in [0.15, 0.2) is 0 Å². The van der Waals surface area contributed by atoms with Crippen LogP contribution in [0, 0.1) is 0 Å². The Hall–Kier alpha value is -1.77. The minimum atomic E-state index is -3.74. The second-order valence-electron chi connectivity index (χ2n) is 5.12. The van der Waals surface area contributed by atoms with Gasteiger partial charge < -0.3 is 14.2 Å². The van der Waals surface area contributed by atoms with Gasteiger partial charge in [-0.15, -0.1) is 0 Å². The van der Waals surface area contributed by atoms with Crippen LogP contribution in [0.5, 0.6) is 17.2 Å². The monoisotopic (exact) mass is 429 g/mol. The summed E-state index contributed by atoms with van der Waals surface area (Å²) in [6.07, 6.45) is 0.480. The normalized spacial score (nSPS) is 11.2. The highest BCUT2D eigenvalue weighted by Gasteiger charge is 2.20. The third-order valence-electron chi connectivity index (χ3n) is 3.59. The quantitative estimate of drug-likeness (QED) is 0.697. The Kier molecular flexibility index (Phi) is 6.69. The summed E-state index contributed by atoms with van der Waals surface area (Å²) < 4.78 is 44.2. The molecular weight excluding hydrogens is 410 g/mol. The molecule has 0 spiro atoms. The summed E-state index contributed by atoms with van der Waals surface area (Å²) in [4.78, 5) is 0.0376. The van der Waals surface area contributed by atoms with E-state index in [-0.39, 0.29) is 17.2 Å². The Morgan fingerprint density at radius 3 is 2.28 bits per heavy atom. The summed E-state index contributed by atoms with van der Waals surface area (Å²) in [6.45, 7) is 0.218. The van der Waals surface area contributed by atoms with Crippen molar-refractivity contribution in [3.05, 3.63) is 46.4 Å². The van der Waals surface area contributed by atoms with Crippen molar-refractivity contribution < 1.29 is 22.6 Å². The number of methoxy groups -OCH3 is 3. The summed E-state index contributed by atoms with van der Waals surface area (Å²) in [5, 5.41) is 0. The van der Waals surface area contributed by atoms with E-state index in [0.717, 1.165) is 10.0 Å². The Labute approximate surface area is 156 Å². The van der Waals surface area contributed by atoms with E-state index in [0.29, 0.717) is 17.9 Å². The highest BCUT2D eigenvalue weighted by molar-refractivity contribution is 9.10. The van der Waals surface area contributed by atoms with Crippen molar-refractivity contribution in [2.24, 2.45) is 0 Å². The molecule has 0 aliphatic carbocycles. The molecule has 0 aromatic heterocycles. The van der Waals surface area contributed by atoms with Crippen molar-refractivity contribution in [1.82, 2.24) is 4.72 Å². The van der Waals surface area contributed by atoms with E-state index in [1.165, 1.54) is 20.3 Å². The van der Waals surface area contributed by atoms with Gasteiger partial charge in [-0.2, -0.15) is 0 Å². The van der Waals surface area contributed by atoms with E-state index < -0.39 is 10.0 Å². The molecule has 6 nitrogen and oxygen atoms in total. The molecule has 0 fully saturated rings. The zero-order chi connectivity index (χ0) is 18.4. The molecule has 8 heteroatoms. The summed E-state index contributed by atoms with van der Waals surface area (Å²) in [7, 11) is 0.740. The minimum absolute atomic E-state index is 0.0376. The van der Waals surface area contributed by atoms with Crippen molar-refractivity contribution in [2.75, 3.05) is 27.9 Å². The molecule has 0 saturated carbocycles. The SMILES string of the molecule is COc1ccc(OC)c(S(=O)(=O)NCCc2cc(Br)ccc2OC)c1. The minimum Gasteiger partial charge on any atom is -0.497 e. The van der Waals surface area contributed by atoms with Crippen molar-refractivity contribution in [2.45, 2.75) is 11.3 Å². The molecule has 0 aliphatic heterocycles. The Morgan fingerprint density at radius 1 is 0.960 bits per heavy atom. The molecule has 0 unspecified atom stereocenters. The lowest BCUT2D eigenvalue weighted by molar-refractivity contribution is 0.392. The van der Waals surface area contributed by atoms with Crippen LogP contribution >= 0.6 is 15.9 Å². The van der Waals surface area contributed by atoms with E-state index in [4.69, 9.17) is 14.2 Å². The molecule has 25 heavy (non-hydrogen) atoms. The molecule has 2 rings (SSSR count). The average Bonchev–Trinajstić information content (AvgIpc) is 2.61. The fraction of sp³-hybridized carbons (Fsp3) is 0.294. The van der Waals surface area contributed by atoms with Crippen molar-refractivity contribution in [1.29, 1.82) is 0 Å². The van der Waals surface area contributed by atoms with E-state index in [9.17, 15) is 8.42 Å². The van der Waals surface area contributed by atoms with E-state index in [2.05, 4.69) is 20.7 Å². The lowest BCUT2D eigenvalue weighted by Crippen LogP contribution is -2.26. The topological polar surface area (TPSA) is 73.9 Å². The third kappa shape index (κ3) is 4.87. The molecule has 0 atom stereocenters. The van der Waals surface area contributed by atoms with Crippen LogP contribution in [0.4, 0.5) is 0 Å². The van der Waals surface area contributed by atoms with E-state index in [1.54, 1.807) is 19.2 Å². The summed E-state index contributed by atoms with van der Waals surface area (Å²) >= 11 is 3.40. The number of hydrogen-bond acceptors (Lipinski definition) is 5. The fourth-order valence-electron chi connectivity index (χ4n) is 2.33. The number of halogens is 1. The predicted molar refractivity (Wildman–Crippen MR) is 99.1 cm³/mol. The zero-order valence-corrected chi connectivity index (χ0v) is 16.6. The van der Waals surface area contributed by atoms with Crippen LogP contribution in [-0.4, -0.2) is 36.3 Å². The maximum absolute atomic E-state index is 12.6. The first-order valence-corrected chi connectivity index (χ1v) is 9.73. The summed E-state index contributed by atoms with van der Waals surface area (Å²) in [5.74, 6) is 1.41. The van der Waals surface area contributed by atoms with Crippen LogP contribution in [0.15, 0.2) is 45.8 Å². The summed E-state index contributed by atoms with van der Waals surface area (Å²) in [6, 6.07) is 10.2. The van der Waals surface area contributed by atoms with Crippen LogP contribution in [-0.2, 0) is 16.4 Å². The van der Waals surface area contributed by atoms with Gasteiger partial charge in [-0.1, -0.05) is 15.9 Å². The second-order valence-corrected chi connectivity index (χ2v) is 7.77. The highest BCUT2D eigenvalue weighted by Crippen LogP contribution is 2.28. The van der Waals surface area contributed by atoms with Gasteiger partial charge in [0.1, 0.15) is 22.1 Å². The number of rotatable bonds is 8. The lowest BCUT2D eigenvalue weighted by atomic mass is 10.1. The van der Waals surface area contributed by atoms with Gasteiger partial charge in [0.25, 0.3) is 0 Å². The first-order chi connectivity index (χ1) is 11.9. The number of benzene rings is 2. The number of hydrogen-bond donors (Lipinski definition) is 1. The van der Waals surface area contributed by atoms with Crippen LogP contribution in [0.3, 0.4) is 0 Å². The average molecular weight is 430 g/mol. The van der Waals surface area contributed by atoms with Crippen LogP contribution in [0.1, 0.15) is 5.56 Å². The Bertz CT molecular complexity index is 839. The van der Waals surface area contributed by atoms with Crippen molar-refractivity contribution in [3.8, 4) is 17.2 Å². The van der Waals surface area contributed by atoms with Crippen molar-refractivity contribution in [3.63, 3.8) is 0 Å². The molecule has 0 radical (unpaired) electrons. The Balaban J connectivity index is 2.16. The number of nitrogens with one attached hydrogen (secondary N) is 1. The van der Waals surface area contributed by atoms with Crippen molar-refractivity contribution >= 4 is 26.0 Å². The van der Waals surface area contributed by atoms with Gasteiger partial charge in [-0.25, -0.2) is 13.1 Å². The smallest absolute Gasteiger partial charge is 0.244 e. The first-order valence-electron chi connectivity index (χ1n) is 7.45.